The van der Waals surface area contributed by atoms with Gasteiger partial charge in [0.1, 0.15) is 10.9 Å². The third-order valence-electron chi connectivity index (χ3n) is 3.75. The minimum atomic E-state index is -0.770. The summed E-state index contributed by atoms with van der Waals surface area (Å²) < 4.78 is 11.5. The largest absolute Gasteiger partial charge is 0.464 e. The molecule has 0 radical (unpaired) electrons. The molecule has 0 aliphatic carbocycles. The van der Waals surface area contributed by atoms with Crippen LogP contribution in [0.4, 0.5) is 0 Å². The molecule has 0 aliphatic rings. The van der Waals surface area contributed by atoms with Crippen LogP contribution in [0.3, 0.4) is 0 Å². The number of nitrogens with zero attached hydrogens (tertiary/aromatic N) is 2. The lowest BCUT2D eigenvalue weighted by Gasteiger charge is -2.16. The molecule has 1 unspecified atom stereocenters. The van der Waals surface area contributed by atoms with Crippen molar-refractivity contribution in [2.45, 2.75) is 46.1 Å². The highest BCUT2D eigenvalue weighted by molar-refractivity contribution is 7.17. The molecule has 2 aromatic heterocycles. The Hall–Kier alpha value is -2.22. The van der Waals surface area contributed by atoms with Gasteiger partial charge in [-0.3, -0.25) is 9.36 Å². The fraction of sp³-hybridized carbons (Fsp3) is 0.529. The summed E-state index contributed by atoms with van der Waals surface area (Å²) in [5.41, 5.74) is -0.241. The first-order valence-electron chi connectivity index (χ1n) is 8.37. The van der Waals surface area contributed by atoms with Crippen molar-refractivity contribution in [2.75, 3.05) is 13.2 Å². The smallest absolute Gasteiger partial charge is 0.339 e. The number of carbonyl (C=O) groups excluding carboxylic acids is 2. The quantitative estimate of drug-likeness (QED) is 0.527. The second-order valence-corrected chi connectivity index (χ2v) is 6.31. The zero-order valence-electron chi connectivity index (χ0n) is 14.6. The van der Waals surface area contributed by atoms with Crippen molar-refractivity contribution in [3.63, 3.8) is 0 Å². The Morgan fingerprint density at radius 2 is 2.04 bits per heavy atom. The van der Waals surface area contributed by atoms with Gasteiger partial charge >= 0.3 is 11.9 Å². The van der Waals surface area contributed by atoms with Crippen molar-refractivity contribution >= 4 is 33.5 Å². The predicted molar refractivity (Wildman–Crippen MR) is 95.0 cm³/mol. The average Bonchev–Trinajstić information content (AvgIpc) is 3.03. The molecule has 2 heterocycles. The van der Waals surface area contributed by atoms with Crippen LogP contribution in [0, 0.1) is 0 Å². The highest BCUT2D eigenvalue weighted by Gasteiger charge is 2.25. The van der Waals surface area contributed by atoms with E-state index in [9.17, 15) is 14.4 Å². The van der Waals surface area contributed by atoms with Crippen LogP contribution in [0.25, 0.3) is 10.2 Å². The van der Waals surface area contributed by atoms with Crippen molar-refractivity contribution in [1.82, 2.24) is 9.55 Å². The summed E-state index contributed by atoms with van der Waals surface area (Å²) in [5.74, 6) is -1.03. The maximum atomic E-state index is 12.9. The number of rotatable bonds is 8. The number of aromatic nitrogens is 2. The molecule has 0 bridgehead atoms. The highest BCUT2D eigenvalue weighted by Crippen LogP contribution is 2.23. The van der Waals surface area contributed by atoms with E-state index in [1.165, 1.54) is 22.2 Å². The molecule has 0 saturated carbocycles. The number of thiophene rings is 1. The summed E-state index contributed by atoms with van der Waals surface area (Å²) in [6, 6.07) is -0.770. The lowest BCUT2D eigenvalue weighted by atomic mass is 10.2. The first-order chi connectivity index (χ1) is 12.0. The van der Waals surface area contributed by atoms with Gasteiger partial charge in [-0.05, 0) is 19.8 Å². The summed E-state index contributed by atoms with van der Waals surface area (Å²) >= 11 is 1.20. The Kier molecular flexibility index (Phi) is 6.69. The van der Waals surface area contributed by atoms with Crippen LogP contribution >= 0.6 is 11.3 Å². The van der Waals surface area contributed by atoms with E-state index in [0.717, 1.165) is 12.8 Å². The maximum absolute atomic E-state index is 12.9. The number of ether oxygens (including phenoxy) is 2. The first-order valence-corrected chi connectivity index (χ1v) is 9.25. The molecular weight excluding hydrogens is 344 g/mol. The van der Waals surface area contributed by atoms with Gasteiger partial charge in [-0.1, -0.05) is 20.3 Å². The van der Waals surface area contributed by atoms with E-state index in [2.05, 4.69) is 4.98 Å². The molecule has 0 N–H and O–H groups in total. The molecule has 0 spiro atoms. The number of carbonyl (C=O) groups is 2. The zero-order valence-corrected chi connectivity index (χ0v) is 15.4. The molecule has 136 valence electrons. The lowest BCUT2D eigenvalue weighted by molar-refractivity contribution is -0.147. The van der Waals surface area contributed by atoms with E-state index in [4.69, 9.17) is 9.47 Å². The molecule has 0 fully saturated rings. The summed E-state index contributed by atoms with van der Waals surface area (Å²) in [6.07, 6.45) is 3.38. The minimum Gasteiger partial charge on any atom is -0.464 e. The second kappa shape index (κ2) is 8.75. The van der Waals surface area contributed by atoms with E-state index in [1.807, 2.05) is 6.92 Å². The Bertz CT molecular complexity index is 811. The van der Waals surface area contributed by atoms with Gasteiger partial charge in [0, 0.05) is 5.38 Å². The fourth-order valence-corrected chi connectivity index (χ4v) is 3.29. The van der Waals surface area contributed by atoms with Gasteiger partial charge in [0.25, 0.3) is 5.56 Å². The molecule has 0 aliphatic heterocycles. The van der Waals surface area contributed by atoms with Crippen molar-refractivity contribution < 1.29 is 19.1 Å². The second-order valence-electron chi connectivity index (χ2n) is 5.45. The van der Waals surface area contributed by atoms with Gasteiger partial charge < -0.3 is 9.47 Å². The zero-order chi connectivity index (χ0) is 18.4. The topological polar surface area (TPSA) is 87.5 Å². The van der Waals surface area contributed by atoms with Gasteiger partial charge in [0.15, 0.2) is 0 Å². The summed E-state index contributed by atoms with van der Waals surface area (Å²) in [6.45, 7) is 6.02. The van der Waals surface area contributed by atoms with Gasteiger partial charge in [-0.15, -0.1) is 11.3 Å². The highest BCUT2D eigenvalue weighted by atomic mass is 32.1. The van der Waals surface area contributed by atoms with E-state index in [-0.39, 0.29) is 17.6 Å². The number of hydrogen-bond acceptors (Lipinski definition) is 7. The molecule has 0 amide bonds. The summed E-state index contributed by atoms with van der Waals surface area (Å²) in [4.78, 5) is 41.9. The van der Waals surface area contributed by atoms with Gasteiger partial charge in [-0.2, -0.15) is 0 Å². The van der Waals surface area contributed by atoms with Crippen molar-refractivity contribution in [2.24, 2.45) is 0 Å². The van der Waals surface area contributed by atoms with Crippen molar-refractivity contribution in [3.8, 4) is 0 Å². The van der Waals surface area contributed by atoms with Crippen LogP contribution in [0.15, 0.2) is 16.5 Å². The fourth-order valence-electron chi connectivity index (χ4n) is 2.42. The molecule has 8 heteroatoms. The lowest BCUT2D eigenvalue weighted by Crippen LogP contribution is -2.31. The summed E-state index contributed by atoms with van der Waals surface area (Å²) in [5, 5.41) is 1.76. The third kappa shape index (κ3) is 4.07. The molecule has 0 aromatic carbocycles. The number of unbranched alkanes of at least 4 members (excludes halogenated alkanes) is 1. The SMILES string of the molecule is CCCCOC(=O)c1csc2ncn(C(CC)C(=O)OCC)c(=O)c12. The molecule has 1 atom stereocenters. The van der Waals surface area contributed by atoms with E-state index in [0.29, 0.717) is 17.9 Å². The molecule has 25 heavy (non-hydrogen) atoms. The van der Waals surface area contributed by atoms with Crippen LogP contribution in [-0.4, -0.2) is 34.7 Å². The van der Waals surface area contributed by atoms with Crippen LogP contribution in [0.2, 0.25) is 0 Å². The van der Waals surface area contributed by atoms with Gasteiger partial charge in [0.05, 0.1) is 30.5 Å². The number of hydrogen-bond donors (Lipinski definition) is 0. The molecule has 7 nitrogen and oxygen atoms in total. The van der Waals surface area contributed by atoms with E-state index < -0.39 is 23.5 Å². The van der Waals surface area contributed by atoms with Crippen LogP contribution in [0.1, 0.15) is 56.4 Å². The van der Waals surface area contributed by atoms with Crippen molar-refractivity contribution in [1.29, 1.82) is 0 Å². The molecular formula is C17H22N2O5S. The third-order valence-corrected chi connectivity index (χ3v) is 4.64. The van der Waals surface area contributed by atoms with Gasteiger partial charge in [0.2, 0.25) is 0 Å². The minimum absolute atomic E-state index is 0.191. The Morgan fingerprint density at radius 3 is 2.68 bits per heavy atom. The van der Waals surface area contributed by atoms with E-state index in [1.54, 1.807) is 19.2 Å². The summed E-state index contributed by atoms with van der Waals surface area (Å²) in [7, 11) is 0. The van der Waals surface area contributed by atoms with Gasteiger partial charge in [-0.25, -0.2) is 14.6 Å². The maximum Gasteiger partial charge on any atom is 0.339 e. The predicted octanol–water partition coefficient (Wildman–Crippen LogP) is 2.93. The normalized spacial score (nSPS) is 12.1. The molecule has 2 aromatic rings. The van der Waals surface area contributed by atoms with Crippen LogP contribution < -0.4 is 5.56 Å². The van der Waals surface area contributed by atoms with E-state index >= 15 is 0 Å². The number of fused-ring (bicyclic) bond motifs is 1. The average molecular weight is 366 g/mol. The number of esters is 2. The van der Waals surface area contributed by atoms with Crippen molar-refractivity contribution in [3.05, 3.63) is 27.6 Å². The van der Waals surface area contributed by atoms with Crippen LogP contribution in [-0.2, 0) is 14.3 Å². The first kappa shape index (κ1) is 19.1. The molecule has 2 rings (SSSR count). The molecule has 0 saturated heterocycles. The Labute approximate surface area is 149 Å². The standard InChI is InChI=1S/C17H22N2O5S/c1-4-7-8-24-16(21)11-9-25-14-13(11)15(20)19(10-18-14)12(5-2)17(22)23-6-3/h9-10,12H,4-8H2,1-3H3. The Balaban J connectivity index is 2.44. The monoisotopic (exact) mass is 366 g/mol. The van der Waals surface area contributed by atoms with Crippen LogP contribution in [0.5, 0.6) is 0 Å². The Morgan fingerprint density at radius 1 is 1.28 bits per heavy atom.